The Morgan fingerprint density at radius 2 is 1.65 bits per heavy atom. The van der Waals surface area contributed by atoms with Crippen molar-refractivity contribution in [3.05, 3.63) is 119 Å². The van der Waals surface area contributed by atoms with Crippen LogP contribution in [0.15, 0.2) is 97.2 Å². The lowest BCUT2D eigenvalue weighted by Gasteiger charge is -2.23. The molecule has 3 amide bonds. The lowest BCUT2D eigenvalue weighted by Crippen LogP contribution is -2.35. The van der Waals surface area contributed by atoms with Crippen LogP contribution in [-0.4, -0.2) is 46.5 Å². The van der Waals surface area contributed by atoms with Crippen molar-refractivity contribution in [2.75, 3.05) is 13.7 Å². The zero-order chi connectivity index (χ0) is 27.6. The molecule has 0 radical (unpaired) electrons. The molecule has 8 heteroatoms. The predicted octanol–water partition coefficient (Wildman–Crippen LogP) is 5.40. The molecular formula is C32H26N4O4. The van der Waals surface area contributed by atoms with Crippen LogP contribution in [0.5, 0.6) is 5.75 Å². The van der Waals surface area contributed by atoms with Crippen molar-refractivity contribution >= 4 is 28.6 Å². The van der Waals surface area contributed by atoms with Gasteiger partial charge in [0.25, 0.3) is 17.7 Å². The highest BCUT2D eigenvalue weighted by molar-refractivity contribution is 6.21. The molecule has 8 nitrogen and oxygen atoms in total. The van der Waals surface area contributed by atoms with Gasteiger partial charge in [0.2, 0.25) is 0 Å². The van der Waals surface area contributed by atoms with Crippen LogP contribution in [-0.2, 0) is 0 Å². The second-order valence-electron chi connectivity index (χ2n) is 9.65. The van der Waals surface area contributed by atoms with Crippen LogP contribution in [0.3, 0.4) is 0 Å². The standard InChI is InChI=1S/C32H26N4O4/c1-40-25-9-5-7-22(18-25)28(14-15-36-31(38)26-10-2-3-11-27(26)32(36)39)34-30(37)23-8-4-6-20(16-23)21-12-13-29-24(17-21)19-33-35-29/h2-13,16-19,28H,14-15H2,1H3,(H,33,35)(H,34,37). The molecule has 0 saturated heterocycles. The van der Waals surface area contributed by atoms with Crippen molar-refractivity contribution in [1.82, 2.24) is 20.4 Å². The average Bonchev–Trinajstić information content (AvgIpc) is 3.57. The molecule has 40 heavy (non-hydrogen) atoms. The monoisotopic (exact) mass is 530 g/mol. The first-order chi connectivity index (χ1) is 19.5. The van der Waals surface area contributed by atoms with Gasteiger partial charge >= 0.3 is 0 Å². The van der Waals surface area contributed by atoms with E-state index >= 15 is 0 Å². The zero-order valence-electron chi connectivity index (χ0n) is 21.8. The van der Waals surface area contributed by atoms with Crippen molar-refractivity contribution in [1.29, 1.82) is 0 Å². The smallest absolute Gasteiger partial charge is 0.261 e. The Morgan fingerprint density at radius 1 is 0.900 bits per heavy atom. The quantitative estimate of drug-likeness (QED) is 0.262. The minimum atomic E-state index is -0.474. The van der Waals surface area contributed by atoms with Gasteiger partial charge in [-0.05, 0) is 71.6 Å². The van der Waals surface area contributed by atoms with Gasteiger partial charge < -0.3 is 10.1 Å². The summed E-state index contributed by atoms with van der Waals surface area (Å²) in [7, 11) is 1.58. The number of H-pyrrole nitrogens is 1. The number of carbonyl (C=O) groups is 3. The first-order valence-corrected chi connectivity index (χ1v) is 13.0. The van der Waals surface area contributed by atoms with Crippen molar-refractivity contribution in [2.45, 2.75) is 12.5 Å². The summed E-state index contributed by atoms with van der Waals surface area (Å²) in [5.41, 5.74) is 4.93. The highest BCUT2D eigenvalue weighted by Crippen LogP contribution is 2.28. The number of hydrogen-bond donors (Lipinski definition) is 2. The zero-order valence-corrected chi connectivity index (χ0v) is 21.8. The SMILES string of the molecule is COc1cccc(C(CCN2C(=O)c3ccccc3C2=O)NC(=O)c2cccc(-c3ccc4[nH]ncc4c3)c2)c1. The van der Waals surface area contributed by atoms with E-state index in [4.69, 9.17) is 4.74 Å². The number of ether oxygens (including phenoxy) is 1. The predicted molar refractivity (Wildman–Crippen MR) is 151 cm³/mol. The Bertz CT molecular complexity index is 1720. The van der Waals surface area contributed by atoms with Gasteiger partial charge in [-0.3, -0.25) is 24.4 Å². The first kappa shape index (κ1) is 25.1. The van der Waals surface area contributed by atoms with Gasteiger partial charge in [0.15, 0.2) is 0 Å². The summed E-state index contributed by atoms with van der Waals surface area (Å²) in [4.78, 5) is 40.6. The molecule has 0 fully saturated rings. The lowest BCUT2D eigenvalue weighted by molar-refractivity contribution is 0.0648. The number of benzene rings is 4. The third-order valence-corrected chi connectivity index (χ3v) is 7.22. The Morgan fingerprint density at radius 3 is 2.42 bits per heavy atom. The molecule has 5 aromatic rings. The van der Waals surface area contributed by atoms with Crippen molar-refractivity contribution < 1.29 is 19.1 Å². The number of methoxy groups -OCH3 is 1. The maximum atomic E-state index is 13.5. The second kappa shape index (κ2) is 10.5. The molecule has 0 aliphatic carbocycles. The summed E-state index contributed by atoms with van der Waals surface area (Å²) < 4.78 is 5.40. The Hall–Kier alpha value is -5.24. The number of amides is 3. The normalized spacial score (nSPS) is 13.4. The van der Waals surface area contributed by atoms with E-state index in [2.05, 4.69) is 15.5 Å². The average molecular weight is 531 g/mol. The van der Waals surface area contributed by atoms with Gasteiger partial charge in [-0.1, -0.05) is 42.5 Å². The molecule has 1 unspecified atom stereocenters. The van der Waals surface area contributed by atoms with Crippen LogP contribution in [0.2, 0.25) is 0 Å². The molecule has 2 N–H and O–H groups in total. The molecular weight excluding hydrogens is 504 g/mol. The molecule has 2 heterocycles. The van der Waals surface area contributed by atoms with Gasteiger partial charge in [-0.25, -0.2) is 0 Å². The molecule has 0 spiro atoms. The van der Waals surface area contributed by atoms with Crippen LogP contribution < -0.4 is 10.1 Å². The molecule has 1 aromatic heterocycles. The summed E-state index contributed by atoms with van der Waals surface area (Å²) in [5, 5.41) is 11.1. The lowest BCUT2D eigenvalue weighted by atomic mass is 10.00. The molecule has 1 aliphatic heterocycles. The van der Waals surface area contributed by atoms with Gasteiger partial charge in [0, 0.05) is 17.5 Å². The molecule has 0 saturated carbocycles. The fraction of sp³-hybridized carbons (Fsp3) is 0.125. The highest BCUT2D eigenvalue weighted by atomic mass is 16.5. The first-order valence-electron chi connectivity index (χ1n) is 13.0. The fourth-order valence-corrected chi connectivity index (χ4v) is 5.08. The van der Waals surface area contributed by atoms with E-state index in [0.29, 0.717) is 28.9 Å². The second-order valence-corrected chi connectivity index (χ2v) is 9.65. The van der Waals surface area contributed by atoms with E-state index < -0.39 is 6.04 Å². The van der Waals surface area contributed by atoms with Crippen LogP contribution in [0, 0.1) is 0 Å². The number of aromatic nitrogens is 2. The Kier molecular flexibility index (Phi) is 6.57. The fourth-order valence-electron chi connectivity index (χ4n) is 5.08. The van der Waals surface area contributed by atoms with Crippen LogP contribution in [0.1, 0.15) is 49.1 Å². The van der Waals surface area contributed by atoms with E-state index in [-0.39, 0.29) is 24.3 Å². The largest absolute Gasteiger partial charge is 0.497 e. The number of rotatable bonds is 8. The van der Waals surface area contributed by atoms with Crippen molar-refractivity contribution in [3.8, 4) is 16.9 Å². The maximum absolute atomic E-state index is 13.5. The topological polar surface area (TPSA) is 104 Å². The van der Waals surface area contributed by atoms with Crippen LogP contribution >= 0.6 is 0 Å². The molecule has 0 bridgehead atoms. The van der Waals surface area contributed by atoms with E-state index in [1.54, 1.807) is 43.6 Å². The molecule has 198 valence electrons. The Balaban J connectivity index is 1.25. The molecule has 6 rings (SSSR count). The van der Waals surface area contributed by atoms with E-state index in [0.717, 1.165) is 27.6 Å². The number of nitrogens with zero attached hydrogens (tertiary/aromatic N) is 2. The number of imide groups is 1. The molecule has 1 aliphatic rings. The summed E-state index contributed by atoms with van der Waals surface area (Å²) in [6, 6.07) is 27.2. The van der Waals surface area contributed by atoms with Gasteiger partial charge in [-0.2, -0.15) is 5.10 Å². The van der Waals surface area contributed by atoms with Crippen molar-refractivity contribution in [2.24, 2.45) is 0 Å². The van der Waals surface area contributed by atoms with Crippen LogP contribution in [0.4, 0.5) is 0 Å². The van der Waals surface area contributed by atoms with Crippen LogP contribution in [0.25, 0.3) is 22.0 Å². The number of aromatic amines is 1. The summed E-state index contributed by atoms with van der Waals surface area (Å²) >= 11 is 0. The number of carbonyl (C=O) groups excluding carboxylic acids is 3. The minimum absolute atomic E-state index is 0.152. The number of fused-ring (bicyclic) bond motifs is 2. The van der Waals surface area contributed by atoms with Gasteiger partial charge in [0.05, 0.1) is 36.0 Å². The summed E-state index contributed by atoms with van der Waals surface area (Å²) in [6.45, 7) is 0.152. The molecule has 4 aromatic carbocycles. The third kappa shape index (κ3) is 4.71. The highest BCUT2D eigenvalue weighted by Gasteiger charge is 2.35. The minimum Gasteiger partial charge on any atom is -0.497 e. The third-order valence-electron chi connectivity index (χ3n) is 7.22. The van der Waals surface area contributed by atoms with Crippen molar-refractivity contribution in [3.63, 3.8) is 0 Å². The number of nitrogens with one attached hydrogen (secondary N) is 2. The summed E-state index contributed by atoms with van der Waals surface area (Å²) in [6.07, 6.45) is 2.10. The maximum Gasteiger partial charge on any atom is 0.261 e. The van der Waals surface area contributed by atoms with Gasteiger partial charge in [0.1, 0.15) is 5.75 Å². The Labute approximate surface area is 230 Å². The molecule has 1 atom stereocenters. The van der Waals surface area contributed by atoms with E-state index in [9.17, 15) is 14.4 Å². The summed E-state index contributed by atoms with van der Waals surface area (Å²) in [5.74, 6) is -0.257. The van der Waals surface area contributed by atoms with E-state index in [1.165, 1.54) is 4.90 Å². The number of hydrogen-bond acceptors (Lipinski definition) is 5. The van der Waals surface area contributed by atoms with Gasteiger partial charge in [-0.15, -0.1) is 0 Å². The van der Waals surface area contributed by atoms with E-state index in [1.807, 2.05) is 60.7 Å².